The molecule has 0 amide bonds. The van der Waals surface area contributed by atoms with Gasteiger partial charge in [0.05, 0.1) is 17.9 Å². The molecule has 0 spiro atoms. The third kappa shape index (κ3) is 4.04. The van der Waals surface area contributed by atoms with Crippen LogP contribution in [-0.2, 0) is 11.8 Å². The summed E-state index contributed by atoms with van der Waals surface area (Å²) in [6.07, 6.45) is 7.18. The fraction of sp³-hybridized carbons (Fsp3) is 0.455. The Labute approximate surface area is 180 Å². The minimum Gasteiger partial charge on any atom is -0.330 e. The molecule has 4 rings (SSSR count). The molecule has 158 valence electrons. The summed E-state index contributed by atoms with van der Waals surface area (Å²) in [7, 11) is 0. The van der Waals surface area contributed by atoms with Crippen molar-refractivity contribution in [3.8, 4) is 5.82 Å². The van der Waals surface area contributed by atoms with Crippen molar-refractivity contribution in [1.82, 2.24) is 24.8 Å². The number of nitrogens with two attached hydrogens (primary N) is 1. The standard InChI is InChI=1S/C22H27ClN6O/c1-2-4-18-14-28(27-25-18)20-7-8-21(30)29(26-20)19-9-11-22(15-24,12-10-19)16-5-3-6-17(23)13-16/h3,5-8,13-14,19H,2,4,9-12,15,24H2,1H3. The van der Waals surface area contributed by atoms with Crippen LogP contribution in [0.15, 0.2) is 47.4 Å². The molecule has 30 heavy (non-hydrogen) atoms. The lowest BCUT2D eigenvalue weighted by Crippen LogP contribution is -2.41. The van der Waals surface area contributed by atoms with Crippen LogP contribution in [-0.4, -0.2) is 31.3 Å². The molecule has 0 saturated heterocycles. The zero-order valence-electron chi connectivity index (χ0n) is 17.2. The number of nitrogens with zero attached hydrogens (tertiary/aromatic N) is 5. The molecule has 0 aliphatic heterocycles. The van der Waals surface area contributed by atoms with Gasteiger partial charge >= 0.3 is 0 Å². The maximum Gasteiger partial charge on any atom is 0.267 e. The quantitative estimate of drug-likeness (QED) is 0.651. The van der Waals surface area contributed by atoms with Crippen molar-refractivity contribution < 1.29 is 0 Å². The van der Waals surface area contributed by atoms with Gasteiger partial charge in [0.25, 0.3) is 5.56 Å². The van der Waals surface area contributed by atoms with Gasteiger partial charge in [-0.1, -0.05) is 42.3 Å². The molecule has 1 aliphatic rings. The van der Waals surface area contributed by atoms with E-state index in [4.69, 9.17) is 17.3 Å². The van der Waals surface area contributed by atoms with Crippen LogP contribution in [0.5, 0.6) is 0 Å². The van der Waals surface area contributed by atoms with E-state index in [1.807, 2.05) is 24.4 Å². The molecule has 7 nitrogen and oxygen atoms in total. The summed E-state index contributed by atoms with van der Waals surface area (Å²) in [6.45, 7) is 2.66. The van der Waals surface area contributed by atoms with Crippen molar-refractivity contribution in [3.63, 3.8) is 0 Å². The fourth-order valence-corrected chi connectivity index (χ4v) is 4.60. The van der Waals surface area contributed by atoms with Gasteiger partial charge in [0.1, 0.15) is 0 Å². The summed E-state index contributed by atoms with van der Waals surface area (Å²) < 4.78 is 3.24. The lowest BCUT2D eigenvalue weighted by Gasteiger charge is -2.40. The Morgan fingerprint density at radius 1 is 1.23 bits per heavy atom. The van der Waals surface area contributed by atoms with Crippen LogP contribution in [0.3, 0.4) is 0 Å². The van der Waals surface area contributed by atoms with Crippen LogP contribution >= 0.6 is 11.6 Å². The second-order valence-electron chi connectivity index (χ2n) is 8.10. The Balaban J connectivity index is 1.56. The molecule has 3 aromatic rings. The predicted octanol–water partition coefficient (Wildman–Crippen LogP) is 3.44. The van der Waals surface area contributed by atoms with Crippen LogP contribution < -0.4 is 11.3 Å². The van der Waals surface area contributed by atoms with Crippen molar-refractivity contribution >= 4 is 11.6 Å². The van der Waals surface area contributed by atoms with Gasteiger partial charge in [0, 0.05) is 23.0 Å². The monoisotopic (exact) mass is 426 g/mol. The zero-order chi connectivity index (χ0) is 21.1. The van der Waals surface area contributed by atoms with E-state index in [1.165, 1.54) is 5.56 Å². The van der Waals surface area contributed by atoms with Crippen molar-refractivity contribution in [2.45, 2.75) is 56.9 Å². The first kappa shape index (κ1) is 20.8. The Morgan fingerprint density at radius 3 is 2.73 bits per heavy atom. The zero-order valence-corrected chi connectivity index (χ0v) is 17.9. The lowest BCUT2D eigenvalue weighted by molar-refractivity contribution is 0.221. The van der Waals surface area contributed by atoms with Gasteiger partial charge < -0.3 is 5.73 Å². The smallest absolute Gasteiger partial charge is 0.267 e. The molecule has 8 heteroatoms. The number of rotatable bonds is 6. The average molecular weight is 427 g/mol. The second-order valence-corrected chi connectivity index (χ2v) is 8.54. The fourth-order valence-electron chi connectivity index (χ4n) is 4.41. The first-order valence-corrected chi connectivity index (χ1v) is 10.9. The number of aryl methyl sites for hydroxylation is 1. The first-order valence-electron chi connectivity index (χ1n) is 10.5. The molecule has 0 radical (unpaired) electrons. The van der Waals surface area contributed by atoms with Crippen LogP contribution in [0.2, 0.25) is 5.02 Å². The second kappa shape index (κ2) is 8.70. The molecule has 0 unspecified atom stereocenters. The van der Waals surface area contributed by atoms with Crippen LogP contribution in [0, 0.1) is 0 Å². The predicted molar refractivity (Wildman–Crippen MR) is 117 cm³/mol. The maximum atomic E-state index is 12.6. The number of benzene rings is 1. The highest BCUT2D eigenvalue weighted by atomic mass is 35.5. The van der Waals surface area contributed by atoms with Gasteiger partial charge in [-0.25, -0.2) is 9.36 Å². The largest absolute Gasteiger partial charge is 0.330 e. The van der Waals surface area contributed by atoms with Crippen LogP contribution in [0.4, 0.5) is 0 Å². The number of aromatic nitrogens is 5. The van der Waals surface area contributed by atoms with Crippen molar-refractivity contribution in [2.75, 3.05) is 6.54 Å². The summed E-state index contributed by atoms with van der Waals surface area (Å²) in [4.78, 5) is 12.6. The van der Waals surface area contributed by atoms with Crippen molar-refractivity contribution in [1.29, 1.82) is 0 Å². The van der Waals surface area contributed by atoms with Crippen molar-refractivity contribution in [2.24, 2.45) is 5.73 Å². The molecule has 0 atom stereocenters. The first-order chi connectivity index (χ1) is 14.5. The van der Waals surface area contributed by atoms with Gasteiger partial charge in [-0.2, -0.15) is 0 Å². The topological polar surface area (TPSA) is 91.6 Å². The van der Waals surface area contributed by atoms with Gasteiger partial charge in [-0.05, 0) is 55.9 Å². The van der Waals surface area contributed by atoms with Gasteiger partial charge in [0.2, 0.25) is 0 Å². The van der Waals surface area contributed by atoms with E-state index in [0.717, 1.165) is 49.2 Å². The average Bonchev–Trinajstić information content (AvgIpc) is 3.23. The normalized spacial score (nSPS) is 21.6. The van der Waals surface area contributed by atoms with Crippen LogP contribution in [0.25, 0.3) is 5.82 Å². The van der Waals surface area contributed by atoms with Crippen LogP contribution in [0.1, 0.15) is 56.3 Å². The summed E-state index contributed by atoms with van der Waals surface area (Å²) in [5, 5.41) is 13.7. The summed E-state index contributed by atoms with van der Waals surface area (Å²) in [5.41, 5.74) is 8.11. The Bertz CT molecular complexity index is 1070. The number of hydrogen-bond donors (Lipinski definition) is 1. The highest BCUT2D eigenvalue weighted by Gasteiger charge is 2.37. The molecule has 0 bridgehead atoms. The maximum absolute atomic E-state index is 12.6. The highest BCUT2D eigenvalue weighted by Crippen LogP contribution is 2.42. The van der Waals surface area contributed by atoms with Gasteiger partial charge in [-0.15, -0.1) is 10.2 Å². The summed E-state index contributed by atoms with van der Waals surface area (Å²) >= 11 is 6.22. The van der Waals surface area contributed by atoms with E-state index in [2.05, 4.69) is 28.4 Å². The van der Waals surface area contributed by atoms with E-state index >= 15 is 0 Å². The molecule has 1 fully saturated rings. The molecule has 2 heterocycles. The van der Waals surface area contributed by atoms with E-state index in [1.54, 1.807) is 21.5 Å². The van der Waals surface area contributed by atoms with Crippen molar-refractivity contribution in [3.05, 3.63) is 69.2 Å². The van der Waals surface area contributed by atoms with Gasteiger partial charge in [-0.3, -0.25) is 4.79 Å². The number of hydrogen-bond acceptors (Lipinski definition) is 5. The Hall–Kier alpha value is -2.51. The molecule has 2 aromatic heterocycles. The molecule has 2 N–H and O–H groups in total. The third-order valence-corrected chi connectivity index (χ3v) is 6.41. The van der Waals surface area contributed by atoms with E-state index in [-0.39, 0.29) is 17.0 Å². The third-order valence-electron chi connectivity index (χ3n) is 6.18. The highest BCUT2D eigenvalue weighted by molar-refractivity contribution is 6.30. The minimum atomic E-state index is -0.108. The van der Waals surface area contributed by atoms with E-state index < -0.39 is 0 Å². The Morgan fingerprint density at radius 2 is 2.03 bits per heavy atom. The lowest BCUT2D eigenvalue weighted by atomic mass is 9.68. The van der Waals surface area contributed by atoms with E-state index in [0.29, 0.717) is 12.4 Å². The summed E-state index contributed by atoms with van der Waals surface area (Å²) in [5.74, 6) is 0.606. The molecular weight excluding hydrogens is 400 g/mol. The molecule has 1 aromatic carbocycles. The van der Waals surface area contributed by atoms with Gasteiger partial charge in [0.15, 0.2) is 5.82 Å². The minimum absolute atomic E-state index is 0.0370. The Kier molecular flexibility index (Phi) is 6.01. The van der Waals surface area contributed by atoms with E-state index in [9.17, 15) is 4.79 Å². The summed E-state index contributed by atoms with van der Waals surface area (Å²) in [6, 6.07) is 11.3. The molecule has 1 aliphatic carbocycles. The SMILES string of the molecule is CCCc1cn(-c2ccc(=O)n(C3CCC(CN)(c4cccc(Cl)c4)CC3)n2)nn1. The number of halogens is 1. The molecule has 1 saturated carbocycles. The molecular formula is C22H27ClN6O.